The van der Waals surface area contributed by atoms with E-state index in [0.29, 0.717) is 19.4 Å². The first-order valence-corrected chi connectivity index (χ1v) is 9.50. The molecule has 7 heteroatoms. The highest BCUT2D eigenvalue weighted by Crippen LogP contribution is 2.30. The number of aryl methyl sites for hydroxylation is 2. The second-order valence-corrected chi connectivity index (χ2v) is 7.42. The number of carbonyl (C=O) groups is 2. The zero-order valence-electron chi connectivity index (χ0n) is 16.3. The van der Waals surface area contributed by atoms with Gasteiger partial charge in [-0.2, -0.15) is 13.2 Å². The van der Waals surface area contributed by atoms with Crippen molar-refractivity contribution in [2.45, 2.75) is 32.9 Å². The molecule has 1 saturated heterocycles. The fourth-order valence-electron chi connectivity index (χ4n) is 3.63. The molecular weight excluding hydrogens is 381 g/mol. The third-order valence-electron chi connectivity index (χ3n) is 5.29. The first kappa shape index (κ1) is 20.9. The molecule has 0 spiro atoms. The van der Waals surface area contributed by atoms with Crippen LogP contribution in [0.3, 0.4) is 0 Å². The molecule has 1 fully saturated rings. The molecule has 154 valence electrons. The SMILES string of the molecule is Cc1cccc(C)c1NC(=O)N1CCCC(C(=O)c2ccc(C(F)(F)F)cc2)C1. The number of likely N-dealkylation sites (tertiary alicyclic amines) is 1. The van der Waals surface area contributed by atoms with E-state index in [1.807, 2.05) is 32.0 Å². The van der Waals surface area contributed by atoms with Crippen LogP contribution in [0.4, 0.5) is 23.7 Å². The Kier molecular flexibility index (Phi) is 5.96. The van der Waals surface area contributed by atoms with Crippen LogP contribution >= 0.6 is 0 Å². The molecule has 2 aromatic carbocycles. The molecule has 1 unspecified atom stereocenters. The molecule has 1 N–H and O–H groups in total. The van der Waals surface area contributed by atoms with Crippen LogP contribution in [0.15, 0.2) is 42.5 Å². The number of para-hydroxylation sites is 1. The monoisotopic (exact) mass is 404 g/mol. The van der Waals surface area contributed by atoms with Gasteiger partial charge < -0.3 is 10.2 Å². The molecule has 0 aliphatic carbocycles. The lowest BCUT2D eigenvalue weighted by Gasteiger charge is -2.32. The summed E-state index contributed by atoms with van der Waals surface area (Å²) in [6.45, 7) is 4.61. The third-order valence-corrected chi connectivity index (χ3v) is 5.29. The van der Waals surface area contributed by atoms with Crippen molar-refractivity contribution in [3.8, 4) is 0 Å². The highest BCUT2D eigenvalue weighted by atomic mass is 19.4. The van der Waals surface area contributed by atoms with Gasteiger partial charge in [-0.3, -0.25) is 4.79 Å². The normalized spacial score (nSPS) is 17.1. The van der Waals surface area contributed by atoms with Crippen molar-refractivity contribution in [1.82, 2.24) is 4.90 Å². The van der Waals surface area contributed by atoms with Gasteiger partial charge >= 0.3 is 12.2 Å². The standard InChI is InChI=1S/C22H23F3N2O2/c1-14-5-3-6-15(2)19(14)26-21(29)27-12-4-7-17(13-27)20(28)16-8-10-18(11-9-16)22(23,24)25/h3,5-6,8-11,17H,4,7,12-13H2,1-2H3,(H,26,29). The number of urea groups is 1. The molecule has 1 aliphatic rings. The van der Waals surface area contributed by atoms with Crippen LogP contribution in [0.2, 0.25) is 0 Å². The van der Waals surface area contributed by atoms with E-state index in [-0.39, 0.29) is 23.9 Å². The fraction of sp³-hybridized carbons (Fsp3) is 0.364. The number of benzene rings is 2. The highest BCUT2D eigenvalue weighted by Gasteiger charge is 2.32. The Bertz CT molecular complexity index is 887. The predicted molar refractivity (Wildman–Crippen MR) is 105 cm³/mol. The van der Waals surface area contributed by atoms with Crippen molar-refractivity contribution in [3.05, 3.63) is 64.7 Å². The first-order valence-electron chi connectivity index (χ1n) is 9.50. The molecule has 0 bridgehead atoms. The van der Waals surface area contributed by atoms with E-state index in [4.69, 9.17) is 0 Å². The largest absolute Gasteiger partial charge is 0.416 e. The van der Waals surface area contributed by atoms with Gasteiger partial charge in [0.1, 0.15) is 0 Å². The summed E-state index contributed by atoms with van der Waals surface area (Å²) in [7, 11) is 0. The number of amides is 2. The van der Waals surface area contributed by atoms with Crippen LogP contribution < -0.4 is 5.32 Å². The minimum Gasteiger partial charge on any atom is -0.324 e. The molecule has 0 aromatic heterocycles. The average Bonchev–Trinajstić information content (AvgIpc) is 2.69. The Hall–Kier alpha value is -2.83. The number of halogens is 3. The molecule has 2 amide bonds. The van der Waals surface area contributed by atoms with E-state index in [0.717, 1.165) is 28.9 Å². The van der Waals surface area contributed by atoms with Gasteiger partial charge in [-0.15, -0.1) is 0 Å². The maximum Gasteiger partial charge on any atom is 0.416 e. The first-order chi connectivity index (χ1) is 13.7. The molecule has 0 radical (unpaired) electrons. The lowest BCUT2D eigenvalue weighted by Crippen LogP contribution is -2.44. The van der Waals surface area contributed by atoms with Crippen molar-refractivity contribution >= 4 is 17.5 Å². The molecule has 1 atom stereocenters. The molecule has 4 nitrogen and oxygen atoms in total. The number of rotatable bonds is 3. The Balaban J connectivity index is 1.68. The van der Waals surface area contributed by atoms with Crippen LogP contribution in [0.25, 0.3) is 0 Å². The zero-order valence-corrected chi connectivity index (χ0v) is 16.3. The van der Waals surface area contributed by atoms with E-state index in [9.17, 15) is 22.8 Å². The van der Waals surface area contributed by atoms with Gasteiger partial charge in [-0.25, -0.2) is 4.79 Å². The highest BCUT2D eigenvalue weighted by molar-refractivity contribution is 5.99. The number of piperidine rings is 1. The summed E-state index contributed by atoms with van der Waals surface area (Å²) in [6, 6.07) is 9.73. The number of hydrogen-bond acceptors (Lipinski definition) is 2. The summed E-state index contributed by atoms with van der Waals surface area (Å²) in [5.41, 5.74) is 2.11. The van der Waals surface area contributed by atoms with Gasteiger partial charge in [-0.1, -0.05) is 30.3 Å². The average molecular weight is 404 g/mol. The molecular formula is C22H23F3N2O2. The van der Waals surface area contributed by atoms with Crippen molar-refractivity contribution in [2.75, 3.05) is 18.4 Å². The van der Waals surface area contributed by atoms with Crippen LogP contribution in [0.5, 0.6) is 0 Å². The predicted octanol–water partition coefficient (Wildman–Crippen LogP) is 5.45. The zero-order chi connectivity index (χ0) is 21.2. The second-order valence-electron chi connectivity index (χ2n) is 7.42. The summed E-state index contributed by atoms with van der Waals surface area (Å²) in [6.07, 6.45) is -3.17. The van der Waals surface area contributed by atoms with E-state index < -0.39 is 17.7 Å². The minimum absolute atomic E-state index is 0.233. The number of carbonyl (C=O) groups excluding carboxylic acids is 2. The molecule has 2 aromatic rings. The Morgan fingerprint density at radius 1 is 1.03 bits per heavy atom. The Morgan fingerprint density at radius 3 is 2.24 bits per heavy atom. The molecule has 29 heavy (non-hydrogen) atoms. The van der Waals surface area contributed by atoms with E-state index in [1.165, 1.54) is 12.1 Å². The lowest BCUT2D eigenvalue weighted by molar-refractivity contribution is -0.137. The fourth-order valence-corrected chi connectivity index (χ4v) is 3.63. The summed E-state index contributed by atoms with van der Waals surface area (Å²) in [5.74, 6) is -0.660. The summed E-state index contributed by atoms with van der Waals surface area (Å²) in [4.78, 5) is 27.1. The summed E-state index contributed by atoms with van der Waals surface area (Å²) in [5, 5.41) is 2.92. The summed E-state index contributed by atoms with van der Waals surface area (Å²) >= 11 is 0. The van der Waals surface area contributed by atoms with Gasteiger partial charge in [0.2, 0.25) is 0 Å². The van der Waals surface area contributed by atoms with Crippen molar-refractivity contribution in [2.24, 2.45) is 5.92 Å². The summed E-state index contributed by atoms with van der Waals surface area (Å²) < 4.78 is 38.1. The number of anilines is 1. The van der Waals surface area contributed by atoms with Crippen molar-refractivity contribution in [1.29, 1.82) is 0 Å². The Labute approximate surface area is 167 Å². The maximum atomic E-state index is 12.8. The van der Waals surface area contributed by atoms with Crippen LogP contribution in [0.1, 0.15) is 39.9 Å². The Morgan fingerprint density at radius 2 is 1.66 bits per heavy atom. The van der Waals surface area contributed by atoms with Crippen molar-refractivity contribution in [3.63, 3.8) is 0 Å². The number of hydrogen-bond donors (Lipinski definition) is 1. The van der Waals surface area contributed by atoms with Crippen LogP contribution in [-0.4, -0.2) is 29.8 Å². The van der Waals surface area contributed by atoms with Gasteiger partial charge in [0.15, 0.2) is 5.78 Å². The van der Waals surface area contributed by atoms with E-state index in [2.05, 4.69) is 5.32 Å². The molecule has 1 heterocycles. The number of nitrogens with one attached hydrogen (secondary N) is 1. The van der Waals surface area contributed by atoms with E-state index in [1.54, 1.807) is 4.90 Å². The van der Waals surface area contributed by atoms with Crippen LogP contribution in [0, 0.1) is 19.8 Å². The van der Waals surface area contributed by atoms with Crippen LogP contribution in [-0.2, 0) is 6.18 Å². The molecule has 1 aliphatic heterocycles. The molecule has 0 saturated carbocycles. The number of nitrogens with zero attached hydrogens (tertiary/aromatic N) is 1. The van der Waals surface area contributed by atoms with Gasteiger partial charge in [0, 0.05) is 30.3 Å². The number of ketones is 1. The minimum atomic E-state index is -4.44. The second kappa shape index (κ2) is 8.27. The maximum absolute atomic E-state index is 12.8. The molecule has 3 rings (SSSR count). The number of alkyl halides is 3. The van der Waals surface area contributed by atoms with Gasteiger partial charge in [0.25, 0.3) is 0 Å². The van der Waals surface area contributed by atoms with Gasteiger partial charge in [0.05, 0.1) is 5.56 Å². The third kappa shape index (κ3) is 4.78. The lowest BCUT2D eigenvalue weighted by atomic mass is 9.90. The quantitative estimate of drug-likeness (QED) is 0.692. The van der Waals surface area contributed by atoms with E-state index >= 15 is 0 Å². The number of Topliss-reactive ketones (excluding diaryl/α,β-unsaturated/α-hetero) is 1. The van der Waals surface area contributed by atoms with Gasteiger partial charge in [-0.05, 0) is 49.9 Å². The smallest absolute Gasteiger partial charge is 0.324 e. The van der Waals surface area contributed by atoms with Crippen molar-refractivity contribution < 1.29 is 22.8 Å². The topological polar surface area (TPSA) is 49.4 Å².